The van der Waals surface area contributed by atoms with E-state index >= 15 is 0 Å². The van der Waals surface area contributed by atoms with Crippen LogP contribution in [0.15, 0.2) is 41.6 Å². The van der Waals surface area contributed by atoms with E-state index < -0.39 is 35.2 Å². The highest BCUT2D eigenvalue weighted by Crippen LogP contribution is 2.40. The van der Waals surface area contributed by atoms with Gasteiger partial charge in [-0.25, -0.2) is 4.98 Å². The molecule has 1 heterocycles. The van der Waals surface area contributed by atoms with Gasteiger partial charge in [0.1, 0.15) is 5.82 Å². The topological polar surface area (TPSA) is 67.2 Å². The summed E-state index contributed by atoms with van der Waals surface area (Å²) in [7, 11) is 1.36. The first-order chi connectivity index (χ1) is 12.5. The molecule has 0 spiro atoms. The van der Waals surface area contributed by atoms with Gasteiger partial charge < -0.3 is 15.0 Å². The lowest BCUT2D eigenvalue weighted by atomic mass is 9.97. The maximum atomic E-state index is 13.4. The first kappa shape index (κ1) is 21.6. The van der Waals surface area contributed by atoms with Gasteiger partial charge in [0.05, 0.1) is 5.25 Å². The number of imidazole rings is 1. The maximum Gasteiger partial charge on any atom is 0.424 e. The van der Waals surface area contributed by atoms with Crippen LogP contribution in [-0.2, 0) is 17.4 Å². The summed E-state index contributed by atoms with van der Waals surface area (Å²) in [5.74, 6) is -0.952. The average molecular weight is 422 g/mol. The zero-order valence-corrected chi connectivity index (χ0v) is 16.2. The van der Waals surface area contributed by atoms with Gasteiger partial charge in [-0.05, 0) is 31.2 Å². The van der Waals surface area contributed by atoms with E-state index in [1.54, 1.807) is 31.2 Å². The van der Waals surface area contributed by atoms with Crippen LogP contribution < -0.4 is 5.32 Å². The van der Waals surface area contributed by atoms with E-state index in [-0.39, 0.29) is 6.54 Å². The number of alkyl halides is 3. The molecule has 0 aliphatic heterocycles. The van der Waals surface area contributed by atoms with Crippen LogP contribution in [0.1, 0.15) is 19.2 Å². The van der Waals surface area contributed by atoms with Gasteiger partial charge in [-0.3, -0.25) is 4.79 Å². The summed E-state index contributed by atoms with van der Waals surface area (Å²) in [4.78, 5) is 16.6. The fourth-order valence-electron chi connectivity index (χ4n) is 2.43. The third-order valence-corrected chi connectivity index (χ3v) is 5.31. The van der Waals surface area contributed by atoms with E-state index in [2.05, 4.69) is 10.3 Å². The van der Waals surface area contributed by atoms with Gasteiger partial charge in [-0.15, -0.1) is 11.8 Å². The number of nitrogens with zero attached hydrogens (tertiary/aromatic N) is 2. The van der Waals surface area contributed by atoms with Crippen molar-refractivity contribution in [3.63, 3.8) is 0 Å². The van der Waals surface area contributed by atoms with E-state index in [9.17, 15) is 23.1 Å². The van der Waals surface area contributed by atoms with Crippen molar-refractivity contribution in [2.75, 3.05) is 6.54 Å². The number of benzene rings is 1. The second kappa shape index (κ2) is 8.53. The monoisotopic (exact) mass is 421 g/mol. The van der Waals surface area contributed by atoms with Crippen LogP contribution in [0.4, 0.5) is 13.2 Å². The van der Waals surface area contributed by atoms with Crippen LogP contribution >= 0.6 is 23.4 Å². The Bertz CT molecular complexity index is 782. The summed E-state index contributed by atoms with van der Waals surface area (Å²) in [6, 6.07) is 6.87. The first-order valence-corrected chi connectivity index (χ1v) is 9.27. The SMILES string of the molecule is CC(Sc1ccc(Cl)cc1)C(=O)NCCC(O)(c1nccn1C)C(F)(F)F. The van der Waals surface area contributed by atoms with E-state index in [0.29, 0.717) is 5.02 Å². The highest BCUT2D eigenvalue weighted by Gasteiger charge is 2.57. The Balaban J connectivity index is 1.97. The van der Waals surface area contributed by atoms with Crippen LogP contribution in [0.2, 0.25) is 5.02 Å². The fraction of sp³-hybridized carbons (Fsp3) is 0.412. The Labute approximate surface area is 163 Å². The quantitative estimate of drug-likeness (QED) is 0.671. The number of nitrogens with one attached hydrogen (secondary N) is 1. The normalized spacial score (nSPS) is 15.2. The predicted octanol–water partition coefficient (Wildman–Crippen LogP) is 3.51. The van der Waals surface area contributed by atoms with Crippen LogP contribution in [0, 0.1) is 0 Å². The van der Waals surface area contributed by atoms with Crippen molar-refractivity contribution in [1.82, 2.24) is 14.9 Å². The Morgan fingerprint density at radius 2 is 2.00 bits per heavy atom. The van der Waals surface area contributed by atoms with E-state index in [1.807, 2.05) is 0 Å². The summed E-state index contributed by atoms with van der Waals surface area (Å²) >= 11 is 7.05. The molecular weight excluding hydrogens is 403 g/mol. The summed E-state index contributed by atoms with van der Waals surface area (Å²) in [6.07, 6.45) is -3.18. The van der Waals surface area contributed by atoms with Gasteiger partial charge in [-0.2, -0.15) is 13.2 Å². The highest BCUT2D eigenvalue weighted by molar-refractivity contribution is 8.00. The van der Waals surface area contributed by atoms with E-state index in [1.165, 1.54) is 31.2 Å². The zero-order valence-electron chi connectivity index (χ0n) is 14.6. The fourth-order valence-corrected chi connectivity index (χ4v) is 3.44. The lowest BCUT2D eigenvalue weighted by Crippen LogP contribution is -2.47. The number of carbonyl (C=O) groups is 1. The van der Waals surface area contributed by atoms with Crippen molar-refractivity contribution in [2.24, 2.45) is 7.05 Å². The van der Waals surface area contributed by atoms with Gasteiger partial charge in [0.2, 0.25) is 11.5 Å². The molecule has 2 aromatic rings. The Morgan fingerprint density at radius 3 is 2.52 bits per heavy atom. The first-order valence-electron chi connectivity index (χ1n) is 8.01. The van der Waals surface area contributed by atoms with Crippen molar-refractivity contribution >= 4 is 29.3 Å². The average Bonchev–Trinajstić information content (AvgIpc) is 3.02. The number of aliphatic hydroxyl groups is 1. The number of hydrogen-bond donors (Lipinski definition) is 2. The molecule has 0 saturated heterocycles. The molecule has 5 nitrogen and oxygen atoms in total. The van der Waals surface area contributed by atoms with E-state index in [0.717, 1.165) is 9.46 Å². The molecule has 2 rings (SSSR count). The van der Waals surface area contributed by atoms with Crippen LogP contribution in [0.25, 0.3) is 0 Å². The van der Waals surface area contributed by atoms with Gasteiger partial charge >= 0.3 is 6.18 Å². The minimum absolute atomic E-state index is 0.354. The molecule has 1 aromatic heterocycles. The molecule has 0 fully saturated rings. The number of carbonyl (C=O) groups excluding carboxylic acids is 1. The summed E-state index contributed by atoms with van der Waals surface area (Å²) in [5, 5.41) is 12.7. The van der Waals surface area contributed by atoms with Crippen molar-refractivity contribution in [1.29, 1.82) is 0 Å². The second-order valence-electron chi connectivity index (χ2n) is 5.97. The molecule has 2 atom stereocenters. The summed E-state index contributed by atoms with van der Waals surface area (Å²) < 4.78 is 41.4. The van der Waals surface area contributed by atoms with E-state index in [4.69, 9.17) is 11.6 Å². The minimum atomic E-state index is -4.93. The number of aryl methyl sites for hydroxylation is 1. The lowest BCUT2D eigenvalue weighted by molar-refractivity contribution is -0.272. The Hall–Kier alpha value is -1.71. The van der Waals surface area contributed by atoms with Gasteiger partial charge in [-0.1, -0.05) is 11.6 Å². The third-order valence-electron chi connectivity index (χ3n) is 3.94. The second-order valence-corrected chi connectivity index (χ2v) is 7.83. The van der Waals surface area contributed by atoms with Gasteiger partial charge in [0.15, 0.2) is 0 Å². The van der Waals surface area contributed by atoms with Crippen molar-refractivity contribution in [3.05, 3.63) is 47.5 Å². The Morgan fingerprint density at radius 1 is 1.37 bits per heavy atom. The summed E-state index contributed by atoms with van der Waals surface area (Å²) in [5.41, 5.74) is -3.15. The smallest absolute Gasteiger partial charge is 0.374 e. The molecule has 0 aliphatic rings. The number of aromatic nitrogens is 2. The minimum Gasteiger partial charge on any atom is -0.374 e. The van der Waals surface area contributed by atoms with Crippen molar-refractivity contribution < 1.29 is 23.1 Å². The molecule has 1 aromatic carbocycles. The predicted molar refractivity (Wildman–Crippen MR) is 97.6 cm³/mol. The third kappa shape index (κ3) is 5.18. The molecule has 27 heavy (non-hydrogen) atoms. The molecule has 0 radical (unpaired) electrons. The standard InChI is InChI=1S/C17H19ClF3N3O2S/c1-11(27-13-5-3-12(18)4-6-13)14(25)22-8-7-16(26,17(19,20)21)15-23-9-10-24(15)2/h3-6,9-11,26H,7-8H2,1-2H3,(H,22,25). The number of thioether (sulfide) groups is 1. The molecule has 1 amide bonds. The molecule has 0 saturated carbocycles. The Kier molecular flexibility index (Phi) is 6.82. The van der Waals surface area contributed by atoms with Crippen LogP contribution in [-0.4, -0.2) is 38.5 Å². The molecule has 2 unspecified atom stereocenters. The van der Waals surface area contributed by atoms with Gasteiger partial charge in [0, 0.05) is 42.3 Å². The number of amides is 1. The lowest BCUT2D eigenvalue weighted by Gasteiger charge is -2.30. The van der Waals surface area contributed by atoms with Crippen molar-refractivity contribution in [3.8, 4) is 0 Å². The van der Waals surface area contributed by atoms with Crippen LogP contribution in [0.5, 0.6) is 0 Å². The summed E-state index contributed by atoms with van der Waals surface area (Å²) in [6.45, 7) is 1.29. The number of hydrogen-bond acceptors (Lipinski definition) is 4. The molecule has 10 heteroatoms. The molecule has 0 aliphatic carbocycles. The number of rotatable bonds is 7. The molecule has 148 valence electrons. The zero-order chi connectivity index (χ0) is 20.2. The molecular formula is C17H19ClF3N3O2S. The maximum absolute atomic E-state index is 13.4. The van der Waals surface area contributed by atoms with Crippen molar-refractivity contribution in [2.45, 2.75) is 35.3 Å². The van der Waals surface area contributed by atoms with Crippen LogP contribution in [0.3, 0.4) is 0 Å². The largest absolute Gasteiger partial charge is 0.424 e. The number of halogens is 4. The highest BCUT2D eigenvalue weighted by atomic mass is 35.5. The van der Waals surface area contributed by atoms with Gasteiger partial charge in [0.25, 0.3) is 0 Å². The molecule has 2 N–H and O–H groups in total. The molecule has 0 bridgehead atoms.